The predicted molar refractivity (Wildman–Crippen MR) is 149 cm³/mol. The van der Waals surface area contributed by atoms with E-state index in [-0.39, 0.29) is 13.0 Å². The van der Waals surface area contributed by atoms with Crippen molar-refractivity contribution < 1.29 is 24.1 Å². The van der Waals surface area contributed by atoms with Crippen LogP contribution < -0.4 is 11.2 Å². The average molecular weight is 547 g/mol. The lowest BCUT2D eigenvalue weighted by atomic mass is 9.77. The number of nitrogens with zero attached hydrogens (tertiary/aromatic N) is 1. The first-order valence-corrected chi connectivity index (χ1v) is 13.2. The van der Waals surface area contributed by atoms with Gasteiger partial charge in [-0.05, 0) is 29.7 Å². The number of aliphatic hydroxyl groups is 1. The Bertz CT molecular complexity index is 1450. The Morgan fingerprint density at radius 3 is 2.23 bits per heavy atom. The Labute approximate surface area is 232 Å². The van der Waals surface area contributed by atoms with E-state index < -0.39 is 41.1 Å². The number of rotatable bonds is 9. The van der Waals surface area contributed by atoms with Crippen LogP contribution in [0.1, 0.15) is 35.8 Å². The molecule has 0 amide bonds. The van der Waals surface area contributed by atoms with E-state index >= 15 is 0 Å². The molecule has 2 N–H and O–H groups in total. The minimum Gasteiger partial charge on any atom is -0.390 e. The van der Waals surface area contributed by atoms with E-state index in [0.717, 1.165) is 16.7 Å². The van der Waals surface area contributed by atoms with Crippen molar-refractivity contribution in [2.45, 2.75) is 49.6 Å². The van der Waals surface area contributed by atoms with Crippen molar-refractivity contribution in [2.24, 2.45) is 0 Å². The molecule has 0 bridgehead atoms. The van der Waals surface area contributed by atoms with E-state index in [2.05, 4.69) is 4.98 Å². The number of aromatic nitrogens is 2. The molecule has 0 saturated carbocycles. The number of aliphatic hydroxyl groups excluding tert-OH is 1. The number of hydrogen-bond acceptors (Lipinski definition) is 7. The zero-order valence-corrected chi connectivity index (χ0v) is 22.8. The second-order valence-electron chi connectivity index (χ2n) is 10.1. The van der Waals surface area contributed by atoms with Crippen LogP contribution in [0.4, 0.5) is 0 Å². The summed E-state index contributed by atoms with van der Waals surface area (Å²) in [6.07, 6.45) is 5.63. The minimum atomic E-state index is -1.04. The lowest BCUT2D eigenvalue weighted by Crippen LogP contribution is -2.40. The molecular weight excluding hydrogens is 512 g/mol. The summed E-state index contributed by atoms with van der Waals surface area (Å²) in [5, 5.41) is 11.0. The number of nitrogens with one attached hydrogen (secondary N) is 1. The Balaban J connectivity index is 1.51. The van der Waals surface area contributed by atoms with Gasteiger partial charge in [0.1, 0.15) is 17.9 Å². The van der Waals surface area contributed by atoms with Crippen LogP contribution in [0.3, 0.4) is 0 Å². The first-order chi connectivity index (χ1) is 19.3. The molecule has 2 heterocycles. The van der Waals surface area contributed by atoms with Gasteiger partial charge >= 0.3 is 5.69 Å². The second-order valence-corrected chi connectivity index (χ2v) is 10.1. The highest BCUT2D eigenvalue weighted by atomic mass is 16.7. The normalized spacial score (nSPS) is 22.3. The Hall–Kier alpha value is -3.60. The third-order valence-electron chi connectivity index (χ3n) is 7.71. The van der Waals surface area contributed by atoms with Gasteiger partial charge in [0.05, 0.1) is 12.7 Å². The van der Waals surface area contributed by atoms with E-state index in [0.29, 0.717) is 12.0 Å². The Kier molecular flexibility index (Phi) is 8.02. The van der Waals surface area contributed by atoms with Crippen LogP contribution >= 0.6 is 0 Å². The van der Waals surface area contributed by atoms with E-state index in [1.165, 1.54) is 10.8 Å². The van der Waals surface area contributed by atoms with Gasteiger partial charge in [-0.25, -0.2) is 4.79 Å². The van der Waals surface area contributed by atoms with Gasteiger partial charge in [-0.3, -0.25) is 14.3 Å². The molecule has 210 valence electrons. The van der Waals surface area contributed by atoms with Crippen molar-refractivity contribution in [2.75, 3.05) is 20.8 Å². The highest BCUT2D eigenvalue weighted by Gasteiger charge is 2.44. The fraction of sp³-hybridized carbons (Fsp3) is 0.355. The van der Waals surface area contributed by atoms with E-state index in [1.54, 1.807) is 21.1 Å². The Morgan fingerprint density at radius 1 is 1.05 bits per heavy atom. The van der Waals surface area contributed by atoms with Gasteiger partial charge in [0.15, 0.2) is 5.79 Å². The van der Waals surface area contributed by atoms with Gasteiger partial charge in [-0.1, -0.05) is 72.8 Å². The van der Waals surface area contributed by atoms with Gasteiger partial charge in [-0.15, -0.1) is 0 Å². The third-order valence-corrected chi connectivity index (χ3v) is 7.71. The molecule has 9 heteroatoms. The van der Waals surface area contributed by atoms with Crippen molar-refractivity contribution in [3.63, 3.8) is 0 Å². The molecule has 1 aliphatic carbocycles. The van der Waals surface area contributed by atoms with Crippen molar-refractivity contribution in [1.82, 2.24) is 9.55 Å². The maximum atomic E-state index is 12.5. The van der Waals surface area contributed by atoms with Gasteiger partial charge < -0.3 is 24.1 Å². The highest BCUT2D eigenvalue weighted by molar-refractivity contribution is 5.51. The van der Waals surface area contributed by atoms with Crippen LogP contribution in [0.2, 0.25) is 0 Å². The number of methoxy groups -OCH3 is 2. The van der Waals surface area contributed by atoms with E-state index in [9.17, 15) is 14.7 Å². The largest absolute Gasteiger partial charge is 0.390 e. The molecule has 0 radical (unpaired) electrons. The van der Waals surface area contributed by atoms with Crippen molar-refractivity contribution in [3.05, 3.63) is 128 Å². The molecule has 1 saturated heterocycles. The second kappa shape index (κ2) is 11.5. The van der Waals surface area contributed by atoms with Crippen LogP contribution in [-0.2, 0) is 24.5 Å². The van der Waals surface area contributed by atoms with Crippen molar-refractivity contribution >= 4 is 0 Å². The molecule has 3 atom stereocenters. The number of H-pyrrole nitrogens is 1. The summed E-state index contributed by atoms with van der Waals surface area (Å²) in [5.41, 5.74) is 0.977. The van der Waals surface area contributed by atoms with Crippen molar-refractivity contribution in [1.29, 1.82) is 0 Å². The number of hydrogen-bond donors (Lipinski definition) is 2. The number of ether oxygens (including phenoxy) is 4. The molecule has 3 aromatic rings. The van der Waals surface area contributed by atoms with Crippen LogP contribution in [0.15, 0.2) is 100 Å². The van der Waals surface area contributed by atoms with Gasteiger partial charge in [0.2, 0.25) is 0 Å². The molecule has 9 nitrogen and oxygen atoms in total. The standard InChI is InChI=1S/C31H34N2O7/c1-21-19-33(29(36)32-28(21)35)27-18-25(34)26(40-27)20-39-31(22-10-6-4-7-11-22,23-12-8-5-9-13-23)24-14-16-30(37-2,38-3)17-15-24/h4-16,19,25-27,34H,17-18,20H2,1-3H3,(H,32,35,36)/t25-,26+,27+/m0/s1. The summed E-state index contributed by atoms with van der Waals surface area (Å²) >= 11 is 0. The maximum Gasteiger partial charge on any atom is 0.330 e. The summed E-state index contributed by atoms with van der Waals surface area (Å²) in [4.78, 5) is 26.6. The monoisotopic (exact) mass is 546 g/mol. The molecule has 2 aliphatic rings. The summed E-state index contributed by atoms with van der Waals surface area (Å²) in [5.74, 6) is -0.872. The van der Waals surface area contributed by atoms with Crippen LogP contribution in [-0.4, -0.2) is 53.5 Å². The predicted octanol–water partition coefficient (Wildman–Crippen LogP) is 3.33. The van der Waals surface area contributed by atoms with Gasteiger partial charge in [-0.2, -0.15) is 0 Å². The number of aromatic amines is 1. The van der Waals surface area contributed by atoms with Crippen molar-refractivity contribution in [3.8, 4) is 0 Å². The summed E-state index contributed by atoms with van der Waals surface area (Å²) < 4.78 is 25.6. The maximum absolute atomic E-state index is 12.5. The van der Waals surface area contributed by atoms with Crippen LogP contribution in [0.25, 0.3) is 0 Å². The summed E-state index contributed by atoms with van der Waals surface area (Å²) in [7, 11) is 3.21. The molecule has 40 heavy (non-hydrogen) atoms. The SMILES string of the molecule is COC1(OC)C=CC(C(OC[C@H]2O[C@@H](n3cc(C)c(=O)[nH]c3=O)C[C@@H]2O)(c2ccccc2)c2ccccc2)=CC1. The topological polar surface area (TPSA) is 112 Å². The molecule has 1 aliphatic heterocycles. The molecule has 0 spiro atoms. The zero-order chi connectivity index (χ0) is 28.3. The van der Waals surface area contributed by atoms with E-state index in [4.69, 9.17) is 18.9 Å². The smallest absolute Gasteiger partial charge is 0.330 e. The van der Waals surface area contributed by atoms with E-state index in [1.807, 2.05) is 78.9 Å². The minimum absolute atomic E-state index is 0.0312. The Morgan fingerprint density at radius 2 is 1.68 bits per heavy atom. The van der Waals surface area contributed by atoms with Crippen LogP contribution in [0.5, 0.6) is 0 Å². The van der Waals surface area contributed by atoms with Gasteiger partial charge in [0, 0.05) is 38.8 Å². The molecule has 2 aromatic carbocycles. The first-order valence-electron chi connectivity index (χ1n) is 13.2. The molecule has 1 fully saturated rings. The quantitative estimate of drug-likeness (QED) is 0.396. The average Bonchev–Trinajstić information content (AvgIpc) is 3.36. The molecule has 5 rings (SSSR count). The lowest BCUT2D eigenvalue weighted by molar-refractivity contribution is -0.168. The fourth-order valence-corrected chi connectivity index (χ4v) is 5.39. The fourth-order valence-electron chi connectivity index (χ4n) is 5.39. The molecular formula is C31H34N2O7. The highest BCUT2D eigenvalue weighted by Crippen LogP contribution is 2.44. The number of aryl methyl sites for hydroxylation is 1. The summed E-state index contributed by atoms with van der Waals surface area (Å²) in [6, 6.07) is 19.8. The third kappa shape index (κ3) is 5.14. The van der Waals surface area contributed by atoms with Gasteiger partial charge in [0.25, 0.3) is 5.56 Å². The number of benzene rings is 2. The summed E-state index contributed by atoms with van der Waals surface area (Å²) in [6.45, 7) is 1.64. The van der Waals surface area contributed by atoms with Crippen LogP contribution in [0, 0.1) is 6.92 Å². The molecule has 1 aromatic heterocycles. The first kappa shape index (κ1) is 27.9. The lowest BCUT2D eigenvalue weighted by Gasteiger charge is -2.40. The molecule has 0 unspecified atom stereocenters. The zero-order valence-electron chi connectivity index (χ0n) is 22.8.